The molecular formula is C21H24N2O. The van der Waals surface area contributed by atoms with Crippen LogP contribution in [-0.2, 0) is 0 Å². The number of aliphatic imine (C=N–C) groups is 1. The molecule has 0 aromatic heterocycles. The van der Waals surface area contributed by atoms with E-state index in [1.807, 2.05) is 6.07 Å². The molecule has 1 N–H and O–H groups in total. The zero-order valence-corrected chi connectivity index (χ0v) is 14.7. The Balaban J connectivity index is 1.98. The largest absolute Gasteiger partial charge is 0.506 e. The third-order valence-corrected chi connectivity index (χ3v) is 4.55. The number of fused-ring (bicyclic) bond motifs is 1. The van der Waals surface area contributed by atoms with E-state index >= 15 is 0 Å². The highest BCUT2D eigenvalue weighted by Crippen LogP contribution is 2.39. The molecule has 0 radical (unpaired) electrons. The summed E-state index contributed by atoms with van der Waals surface area (Å²) in [6.45, 7) is 9.81. The third-order valence-electron chi connectivity index (χ3n) is 4.55. The van der Waals surface area contributed by atoms with Gasteiger partial charge in [0.1, 0.15) is 11.4 Å². The van der Waals surface area contributed by atoms with Crippen LogP contribution < -0.4 is 4.90 Å². The lowest BCUT2D eigenvalue weighted by Crippen LogP contribution is -2.44. The molecule has 24 heavy (non-hydrogen) atoms. The quantitative estimate of drug-likeness (QED) is 0.792. The number of rotatable bonds is 3. The number of para-hydroxylation sites is 2. The first-order valence-corrected chi connectivity index (χ1v) is 8.36. The number of nitrogens with zero attached hydrogens (tertiary/aromatic N) is 2. The molecule has 0 aliphatic carbocycles. The van der Waals surface area contributed by atoms with Crippen LogP contribution in [0, 0.1) is 0 Å². The predicted molar refractivity (Wildman–Crippen MR) is 103 cm³/mol. The van der Waals surface area contributed by atoms with Gasteiger partial charge in [-0.05, 0) is 63.1 Å². The number of hydrogen-bond acceptors (Lipinski definition) is 3. The molecule has 0 saturated carbocycles. The van der Waals surface area contributed by atoms with Gasteiger partial charge >= 0.3 is 0 Å². The van der Waals surface area contributed by atoms with E-state index in [4.69, 9.17) is 0 Å². The maximum Gasteiger partial charge on any atom is 0.141 e. The Morgan fingerprint density at radius 3 is 2.62 bits per heavy atom. The van der Waals surface area contributed by atoms with Crippen molar-refractivity contribution in [2.45, 2.75) is 33.2 Å². The van der Waals surface area contributed by atoms with E-state index in [-0.39, 0.29) is 11.3 Å². The molecule has 1 aliphatic rings. The molecule has 2 aromatic carbocycles. The highest BCUT2D eigenvalue weighted by molar-refractivity contribution is 5.89. The summed E-state index contributed by atoms with van der Waals surface area (Å²) in [7, 11) is 0. The number of anilines is 1. The average Bonchev–Trinajstić information content (AvgIpc) is 2.54. The van der Waals surface area contributed by atoms with E-state index in [2.05, 4.69) is 61.9 Å². The second kappa shape index (κ2) is 6.16. The number of likely N-dealkylation sites (N-methyl/N-ethyl adjacent to an activating group) is 1. The summed E-state index contributed by atoms with van der Waals surface area (Å²) in [6, 6.07) is 13.5. The predicted octanol–water partition coefficient (Wildman–Crippen LogP) is 5.16. The first-order chi connectivity index (χ1) is 11.4. The first-order valence-electron chi connectivity index (χ1n) is 8.36. The minimum absolute atomic E-state index is 0.0251. The van der Waals surface area contributed by atoms with Crippen LogP contribution in [0.1, 0.15) is 38.8 Å². The number of allylic oxidation sites excluding steroid dienone is 1. The molecule has 1 aliphatic heterocycles. The first kappa shape index (κ1) is 16.3. The van der Waals surface area contributed by atoms with Crippen LogP contribution in [0.25, 0.3) is 5.57 Å². The lowest BCUT2D eigenvalue weighted by molar-refractivity contribution is 0.477. The Morgan fingerprint density at radius 2 is 1.92 bits per heavy atom. The minimum atomic E-state index is 0.0251. The van der Waals surface area contributed by atoms with Crippen LogP contribution in [0.15, 0.2) is 53.5 Å². The molecule has 124 valence electrons. The Hall–Kier alpha value is -2.55. The van der Waals surface area contributed by atoms with Gasteiger partial charge in [-0.2, -0.15) is 0 Å². The van der Waals surface area contributed by atoms with E-state index in [1.54, 1.807) is 24.4 Å². The van der Waals surface area contributed by atoms with Gasteiger partial charge in [0.15, 0.2) is 0 Å². The summed E-state index contributed by atoms with van der Waals surface area (Å²) < 4.78 is 0. The minimum Gasteiger partial charge on any atom is -0.506 e. The molecular weight excluding hydrogens is 296 g/mol. The second-order valence-electron chi connectivity index (χ2n) is 6.75. The SMILES string of the molecule is CCN1c2ccc(C=Nc3ccccc3O)cc2C(C)=CC1(C)C. The second-order valence-corrected chi connectivity index (χ2v) is 6.75. The molecule has 3 nitrogen and oxygen atoms in total. The van der Waals surface area contributed by atoms with Crippen molar-refractivity contribution in [3.63, 3.8) is 0 Å². The molecule has 3 rings (SSSR count). The average molecular weight is 320 g/mol. The summed E-state index contributed by atoms with van der Waals surface area (Å²) in [5.74, 6) is 0.196. The molecule has 0 atom stereocenters. The van der Waals surface area contributed by atoms with Crippen molar-refractivity contribution >= 4 is 23.2 Å². The monoisotopic (exact) mass is 320 g/mol. The number of phenolic OH excluding ortho intramolecular Hbond substituents is 1. The lowest BCUT2D eigenvalue weighted by atomic mass is 9.88. The normalized spacial score (nSPS) is 16.2. The summed E-state index contributed by atoms with van der Waals surface area (Å²) in [4.78, 5) is 6.83. The summed E-state index contributed by atoms with van der Waals surface area (Å²) in [6.07, 6.45) is 4.13. The van der Waals surface area contributed by atoms with E-state index in [1.165, 1.54) is 16.8 Å². The van der Waals surface area contributed by atoms with Gasteiger partial charge in [-0.15, -0.1) is 0 Å². The lowest BCUT2D eigenvalue weighted by Gasteiger charge is -2.42. The molecule has 0 unspecified atom stereocenters. The zero-order chi connectivity index (χ0) is 17.3. The van der Waals surface area contributed by atoms with Gasteiger partial charge in [-0.3, -0.25) is 4.99 Å². The third kappa shape index (κ3) is 2.94. The van der Waals surface area contributed by atoms with Crippen molar-refractivity contribution in [3.05, 3.63) is 59.7 Å². The van der Waals surface area contributed by atoms with Crippen molar-refractivity contribution in [3.8, 4) is 5.75 Å². The van der Waals surface area contributed by atoms with Gasteiger partial charge < -0.3 is 10.0 Å². The van der Waals surface area contributed by atoms with Crippen LogP contribution >= 0.6 is 0 Å². The number of hydrogen-bond donors (Lipinski definition) is 1. The highest BCUT2D eigenvalue weighted by Gasteiger charge is 2.29. The Labute approximate surface area is 144 Å². The topological polar surface area (TPSA) is 35.8 Å². The van der Waals surface area contributed by atoms with Gasteiger partial charge in [0, 0.05) is 24.0 Å². The summed E-state index contributed by atoms with van der Waals surface area (Å²) in [5.41, 5.74) is 5.44. The van der Waals surface area contributed by atoms with Crippen molar-refractivity contribution in [2.75, 3.05) is 11.4 Å². The number of aromatic hydroxyl groups is 1. The van der Waals surface area contributed by atoms with Crippen LogP contribution in [0.3, 0.4) is 0 Å². The zero-order valence-electron chi connectivity index (χ0n) is 14.7. The van der Waals surface area contributed by atoms with Gasteiger partial charge in [-0.1, -0.05) is 24.3 Å². The number of benzene rings is 2. The molecule has 0 amide bonds. The number of phenols is 1. The van der Waals surface area contributed by atoms with Crippen molar-refractivity contribution < 1.29 is 5.11 Å². The summed E-state index contributed by atoms with van der Waals surface area (Å²) >= 11 is 0. The van der Waals surface area contributed by atoms with Gasteiger partial charge in [0.05, 0.1) is 5.54 Å². The summed E-state index contributed by atoms with van der Waals surface area (Å²) in [5, 5.41) is 9.82. The van der Waals surface area contributed by atoms with Crippen molar-refractivity contribution in [1.82, 2.24) is 0 Å². The smallest absolute Gasteiger partial charge is 0.141 e. The molecule has 0 bridgehead atoms. The fourth-order valence-corrected chi connectivity index (χ4v) is 3.48. The van der Waals surface area contributed by atoms with Crippen molar-refractivity contribution in [2.24, 2.45) is 4.99 Å². The Kier molecular flexibility index (Phi) is 4.18. The van der Waals surface area contributed by atoms with E-state index in [0.717, 1.165) is 12.1 Å². The van der Waals surface area contributed by atoms with Crippen molar-refractivity contribution in [1.29, 1.82) is 0 Å². The Morgan fingerprint density at radius 1 is 1.17 bits per heavy atom. The maximum absolute atomic E-state index is 9.82. The molecule has 0 saturated heterocycles. The molecule has 0 fully saturated rings. The molecule has 0 spiro atoms. The van der Waals surface area contributed by atoms with Crippen LogP contribution in [0.4, 0.5) is 11.4 Å². The van der Waals surface area contributed by atoms with Gasteiger partial charge in [0.25, 0.3) is 0 Å². The van der Waals surface area contributed by atoms with Crippen LogP contribution in [0.2, 0.25) is 0 Å². The molecule has 2 aromatic rings. The Bertz CT molecular complexity index is 818. The van der Waals surface area contributed by atoms with E-state index in [9.17, 15) is 5.11 Å². The highest BCUT2D eigenvalue weighted by atomic mass is 16.3. The fraction of sp³-hybridized carbons (Fsp3) is 0.286. The van der Waals surface area contributed by atoms with Gasteiger partial charge in [-0.25, -0.2) is 0 Å². The standard InChI is InChI=1S/C21H24N2O/c1-5-23-19-11-10-16(12-17(19)15(2)13-21(23,3)4)14-22-18-8-6-7-9-20(18)24/h6-14,24H,5H2,1-4H3. The van der Waals surface area contributed by atoms with Crippen LogP contribution in [0.5, 0.6) is 5.75 Å². The van der Waals surface area contributed by atoms with Crippen LogP contribution in [-0.4, -0.2) is 23.4 Å². The van der Waals surface area contributed by atoms with E-state index in [0.29, 0.717) is 5.69 Å². The van der Waals surface area contributed by atoms with E-state index < -0.39 is 0 Å². The molecule has 3 heteroatoms. The molecule has 1 heterocycles. The van der Waals surface area contributed by atoms with Gasteiger partial charge in [0.2, 0.25) is 0 Å². The fourth-order valence-electron chi connectivity index (χ4n) is 3.48. The maximum atomic E-state index is 9.82.